The monoisotopic (exact) mass is 705 g/mol. The van der Waals surface area contributed by atoms with E-state index in [0.29, 0.717) is 5.69 Å². The fraction of sp³-hybridized carbons (Fsp3) is 0.200. The summed E-state index contributed by atoms with van der Waals surface area (Å²) in [4.78, 5) is 9.90. The summed E-state index contributed by atoms with van der Waals surface area (Å²) in [6.07, 6.45) is 1.85. The third-order valence-electron chi connectivity index (χ3n) is 7.63. The molecule has 3 aromatic heterocycles. The SMILES string of the molecule is CC(C)(C)c1cc(-c2ccc3c4ccccc4n(-c4ccccc4O)c3n2)[c-]c(C(C)(C)c2ccccn2)c1.[Pt]. The Labute approximate surface area is 250 Å². The smallest absolute Gasteiger partial charge is 0.139 e. The third-order valence-corrected chi connectivity index (χ3v) is 7.63. The van der Waals surface area contributed by atoms with E-state index in [0.717, 1.165) is 44.5 Å². The molecule has 0 spiro atoms. The summed E-state index contributed by atoms with van der Waals surface area (Å²) in [5, 5.41) is 12.9. The summed E-state index contributed by atoms with van der Waals surface area (Å²) < 4.78 is 2.05. The van der Waals surface area contributed by atoms with Crippen LogP contribution in [0.2, 0.25) is 0 Å². The maximum Gasteiger partial charge on any atom is 0.139 e. The number of benzene rings is 3. The van der Waals surface area contributed by atoms with E-state index < -0.39 is 0 Å². The number of para-hydroxylation sites is 3. The minimum atomic E-state index is -0.341. The number of nitrogens with zero attached hydrogens (tertiary/aromatic N) is 3. The molecule has 1 N–H and O–H groups in total. The van der Waals surface area contributed by atoms with E-state index in [4.69, 9.17) is 4.98 Å². The molecule has 0 saturated carbocycles. The second-order valence-electron chi connectivity index (χ2n) is 11.7. The van der Waals surface area contributed by atoms with Gasteiger partial charge in [-0.2, -0.15) is 0 Å². The molecule has 0 atom stereocenters. The van der Waals surface area contributed by atoms with E-state index in [2.05, 4.69) is 92.7 Å². The number of hydrogen-bond donors (Lipinski definition) is 1. The molecule has 0 aliphatic carbocycles. The van der Waals surface area contributed by atoms with Crippen LogP contribution in [0.4, 0.5) is 0 Å². The van der Waals surface area contributed by atoms with Gasteiger partial charge in [-0.1, -0.05) is 83.1 Å². The number of phenolic OH excluding ortho intramolecular Hbond substituents is 1. The average Bonchev–Trinajstić information content (AvgIpc) is 3.26. The van der Waals surface area contributed by atoms with Crippen LogP contribution in [0.1, 0.15) is 51.4 Å². The zero-order valence-corrected chi connectivity index (χ0v) is 25.6. The van der Waals surface area contributed by atoms with Gasteiger partial charge >= 0.3 is 0 Å². The van der Waals surface area contributed by atoms with E-state index in [1.165, 1.54) is 5.56 Å². The largest absolute Gasteiger partial charge is 0.506 e. The van der Waals surface area contributed by atoms with Gasteiger partial charge in [0, 0.05) is 49.1 Å². The number of phenols is 1. The molecule has 0 aliphatic rings. The van der Waals surface area contributed by atoms with E-state index in [-0.39, 0.29) is 37.6 Å². The van der Waals surface area contributed by atoms with Crippen molar-refractivity contribution < 1.29 is 26.2 Å². The minimum absolute atomic E-state index is 0. The van der Waals surface area contributed by atoms with Gasteiger partial charge in [0.25, 0.3) is 0 Å². The number of rotatable bonds is 4. The summed E-state index contributed by atoms with van der Waals surface area (Å²) in [7, 11) is 0. The molecule has 3 aromatic carbocycles. The molecular weight excluding hydrogens is 673 g/mol. The van der Waals surface area contributed by atoms with E-state index in [9.17, 15) is 5.11 Å². The Bertz CT molecular complexity index is 1830. The molecule has 0 unspecified atom stereocenters. The number of fused-ring (bicyclic) bond motifs is 3. The van der Waals surface area contributed by atoms with Gasteiger partial charge in [0.2, 0.25) is 0 Å². The van der Waals surface area contributed by atoms with Crippen molar-refractivity contribution in [2.45, 2.75) is 45.4 Å². The van der Waals surface area contributed by atoms with Crippen molar-refractivity contribution in [1.82, 2.24) is 14.5 Å². The summed E-state index contributed by atoms with van der Waals surface area (Å²) >= 11 is 0. The van der Waals surface area contributed by atoms with Crippen molar-refractivity contribution in [3.05, 3.63) is 120 Å². The van der Waals surface area contributed by atoms with Crippen LogP contribution >= 0.6 is 0 Å². The third kappa shape index (κ3) is 4.75. The minimum Gasteiger partial charge on any atom is -0.506 e. The number of aromatic hydroxyl groups is 1. The molecule has 0 saturated heterocycles. The second kappa shape index (κ2) is 10.3. The van der Waals surface area contributed by atoms with E-state index in [1.54, 1.807) is 6.07 Å². The predicted molar refractivity (Wildman–Crippen MR) is 160 cm³/mol. The first-order chi connectivity index (χ1) is 18.6. The van der Waals surface area contributed by atoms with Gasteiger partial charge in [0.1, 0.15) is 11.4 Å². The molecule has 5 heteroatoms. The molecule has 3 heterocycles. The Hall–Kier alpha value is -3.75. The Balaban J connectivity index is 0.00000323. The fourth-order valence-electron chi connectivity index (χ4n) is 5.23. The van der Waals surface area contributed by atoms with Crippen LogP contribution in [0.25, 0.3) is 38.9 Å². The molecule has 6 rings (SSSR count). The first-order valence-electron chi connectivity index (χ1n) is 13.3. The molecule has 204 valence electrons. The van der Waals surface area contributed by atoms with Crippen molar-refractivity contribution >= 4 is 21.9 Å². The topological polar surface area (TPSA) is 50.9 Å². The number of hydrogen-bond acceptors (Lipinski definition) is 3. The first kappa shape index (κ1) is 27.8. The van der Waals surface area contributed by atoms with Gasteiger partial charge in [-0.3, -0.25) is 14.5 Å². The zero-order valence-electron chi connectivity index (χ0n) is 23.3. The number of aromatic nitrogens is 3. The molecule has 40 heavy (non-hydrogen) atoms. The fourth-order valence-corrected chi connectivity index (χ4v) is 5.23. The summed E-state index contributed by atoms with van der Waals surface area (Å²) in [6.45, 7) is 11.1. The summed E-state index contributed by atoms with van der Waals surface area (Å²) in [5.74, 6) is 0.216. The van der Waals surface area contributed by atoms with Crippen LogP contribution in [0.3, 0.4) is 0 Å². The molecule has 0 fully saturated rings. The van der Waals surface area contributed by atoms with E-state index in [1.807, 2.05) is 48.7 Å². The van der Waals surface area contributed by atoms with Gasteiger partial charge in [-0.15, -0.1) is 34.9 Å². The van der Waals surface area contributed by atoms with Crippen LogP contribution < -0.4 is 0 Å². The molecule has 0 amide bonds. The van der Waals surface area contributed by atoms with Gasteiger partial charge in [0.05, 0.1) is 11.2 Å². The van der Waals surface area contributed by atoms with Crippen LogP contribution in [-0.2, 0) is 31.9 Å². The molecule has 0 aliphatic heterocycles. The summed E-state index contributed by atoms with van der Waals surface area (Å²) in [5.41, 5.74) is 7.19. The van der Waals surface area contributed by atoms with Gasteiger partial charge < -0.3 is 5.11 Å². The first-order valence-corrected chi connectivity index (χ1v) is 13.3. The Morgan fingerprint density at radius 3 is 2.23 bits per heavy atom. The van der Waals surface area contributed by atoms with Crippen molar-refractivity contribution in [3.8, 4) is 22.7 Å². The normalized spacial score (nSPS) is 12.0. The van der Waals surface area contributed by atoms with Gasteiger partial charge in [0.15, 0.2) is 0 Å². The van der Waals surface area contributed by atoms with Crippen LogP contribution in [0.15, 0.2) is 97.2 Å². The van der Waals surface area contributed by atoms with Gasteiger partial charge in [-0.25, -0.2) is 0 Å². The quantitative estimate of drug-likeness (QED) is 0.188. The van der Waals surface area contributed by atoms with Crippen molar-refractivity contribution in [1.29, 1.82) is 0 Å². The van der Waals surface area contributed by atoms with Crippen molar-refractivity contribution in [3.63, 3.8) is 0 Å². The Morgan fingerprint density at radius 2 is 1.50 bits per heavy atom. The number of pyridine rings is 2. The second-order valence-corrected chi connectivity index (χ2v) is 11.7. The van der Waals surface area contributed by atoms with Crippen LogP contribution in [0, 0.1) is 6.07 Å². The zero-order chi connectivity index (χ0) is 27.4. The molecule has 0 bridgehead atoms. The maximum atomic E-state index is 10.8. The average molecular weight is 706 g/mol. The van der Waals surface area contributed by atoms with Gasteiger partial charge in [-0.05, 0) is 41.4 Å². The Morgan fingerprint density at radius 1 is 0.775 bits per heavy atom. The molecule has 4 nitrogen and oxygen atoms in total. The van der Waals surface area contributed by atoms with Crippen LogP contribution in [-0.4, -0.2) is 19.6 Å². The van der Waals surface area contributed by atoms with E-state index >= 15 is 0 Å². The Kier molecular flexibility index (Phi) is 7.18. The van der Waals surface area contributed by atoms with Crippen LogP contribution in [0.5, 0.6) is 5.75 Å². The molecule has 0 radical (unpaired) electrons. The maximum absolute atomic E-state index is 10.8. The standard InChI is InChI=1S/C35H32N3O.Pt/c1-34(2,3)24-20-23(21-25(22-24)35(4,5)32-16-10-11-19-36-32)28-18-17-27-26-12-6-7-13-29(26)38(33(27)37-28)30-14-8-9-15-31(30)39;/h6-20,22,39H,1-5H3;/q-1;. The summed E-state index contributed by atoms with van der Waals surface area (Å²) in [6, 6.07) is 34.1. The molecular formula is C35H32N3OPt-. The predicted octanol–water partition coefficient (Wildman–Crippen LogP) is 8.37. The van der Waals surface area contributed by atoms with Crippen molar-refractivity contribution in [2.75, 3.05) is 0 Å². The molecule has 6 aromatic rings. The van der Waals surface area contributed by atoms with Crippen molar-refractivity contribution in [2.24, 2.45) is 0 Å².